The molecule has 0 amide bonds. The zero-order chi connectivity index (χ0) is 22.5. The summed E-state index contributed by atoms with van der Waals surface area (Å²) < 4.78 is 165. The minimum absolute atomic E-state index is 0. The van der Waals surface area contributed by atoms with Crippen molar-refractivity contribution in [3.05, 3.63) is 0 Å². The molecule has 0 rings (SSSR count). The van der Waals surface area contributed by atoms with Crippen molar-refractivity contribution in [3.8, 4) is 0 Å². The average Bonchev–Trinajstić information content (AvgIpc) is 1.79. The van der Waals surface area contributed by atoms with E-state index in [9.17, 15) is 0 Å². The van der Waals surface area contributed by atoms with Gasteiger partial charge in [-0.3, -0.25) is 0 Å². The molecule has 5 N–H and O–H groups in total. The summed E-state index contributed by atoms with van der Waals surface area (Å²) >= 11 is -26.9. The van der Waals surface area contributed by atoms with E-state index in [0.717, 1.165) is 0 Å². The van der Waals surface area contributed by atoms with Gasteiger partial charge < -0.3 is 0 Å². The Morgan fingerprint density at radius 2 is 0.269 bits per heavy atom. The first-order valence-electron chi connectivity index (χ1n) is 3.16. The van der Waals surface area contributed by atoms with Crippen LogP contribution in [-0.4, -0.2) is 50.5 Å². The van der Waals surface area contributed by atoms with Gasteiger partial charge in [-0.25, -0.2) is 0 Å². The normalized spacial score (nSPS) is 11.0. The summed E-state index contributed by atoms with van der Waals surface area (Å²) in [6, 6.07) is 0. The Hall–Kier alpha value is 0.397. The van der Waals surface area contributed by atoms with Crippen LogP contribution >= 0.6 is 0 Å². The Morgan fingerprint density at radius 3 is 0.269 bits per heavy atom. The van der Waals surface area contributed by atoms with E-state index in [-0.39, 0.29) is 29.6 Å². The van der Waals surface area contributed by atoms with Crippen LogP contribution in [0.3, 0.4) is 0 Å². The van der Waals surface area contributed by atoms with Crippen LogP contribution in [0.15, 0.2) is 0 Å². The van der Waals surface area contributed by atoms with Gasteiger partial charge >= 0.3 is 173 Å². The molecule has 0 aromatic carbocycles. The summed E-state index contributed by atoms with van der Waals surface area (Å²) in [6.45, 7) is 0. The molecule has 0 atom stereocenters. The molecule has 162 valence electrons. The van der Waals surface area contributed by atoms with Crippen molar-refractivity contribution in [1.82, 2.24) is 0 Å². The van der Waals surface area contributed by atoms with Crippen LogP contribution in [-0.2, 0) is 122 Å². The topological polar surface area (TPSA) is 357 Å². The number of hydrogen-bond acceptors (Lipinski definition) is 15. The van der Waals surface area contributed by atoms with Gasteiger partial charge in [-0.2, -0.15) is 0 Å². The molecular formula is H6Mn5NaO20. The molecule has 0 saturated heterocycles. The average molecular weight is 624 g/mol. The van der Waals surface area contributed by atoms with Crippen molar-refractivity contribution < 1.29 is 143 Å². The molecule has 26 heavy (non-hydrogen) atoms. The van der Waals surface area contributed by atoms with Gasteiger partial charge in [0, 0.05) is 0 Å². The Bertz CT molecular complexity index is 874. The van der Waals surface area contributed by atoms with Crippen LogP contribution in [0.1, 0.15) is 0 Å². The SMILES string of the molecule is [NaH].[O]=[Mn](=[O])(=[O])[OH].[O]=[Mn](=[O])(=[O])[OH].[O]=[Mn](=[O])(=[O])[OH].[O]=[Mn](=[O])(=[O])[OH].[O]=[Mn](=[O])(=[O])[OH]. The summed E-state index contributed by atoms with van der Waals surface area (Å²) in [6.07, 6.45) is 0. The third-order valence-electron chi connectivity index (χ3n) is 0. The molecule has 0 radical (unpaired) electrons. The molecule has 0 heterocycles. The van der Waals surface area contributed by atoms with Crippen LogP contribution in [0.4, 0.5) is 0 Å². The maximum absolute atomic E-state index is 8.69. The Kier molecular flexibility index (Phi) is 25.8. The van der Waals surface area contributed by atoms with Gasteiger partial charge in [0.2, 0.25) is 0 Å². The van der Waals surface area contributed by atoms with Gasteiger partial charge in [-0.05, 0) is 0 Å². The number of rotatable bonds is 0. The Morgan fingerprint density at radius 1 is 0.269 bits per heavy atom. The van der Waals surface area contributed by atoms with Crippen LogP contribution in [0.2, 0.25) is 0 Å². The first-order valence-corrected chi connectivity index (χ1v) is 13.0. The second-order valence-corrected chi connectivity index (χ2v) is 8.16. The molecule has 0 fully saturated rings. The number of hydrogen-bond donors (Lipinski definition) is 5. The van der Waals surface area contributed by atoms with Crippen molar-refractivity contribution in [3.63, 3.8) is 0 Å². The molecule has 0 aromatic rings. The summed E-state index contributed by atoms with van der Waals surface area (Å²) in [5.41, 5.74) is 0. The minimum atomic E-state index is -5.38. The van der Waals surface area contributed by atoms with E-state index in [1.165, 1.54) is 0 Å². The molecule has 0 spiro atoms. The predicted molar refractivity (Wildman–Crippen MR) is 28.5 cm³/mol. The molecule has 0 aromatic heterocycles. The summed E-state index contributed by atoms with van der Waals surface area (Å²) in [7, 11) is 0. The third kappa shape index (κ3) is 84600. The Balaban J connectivity index is -0.0000000476. The quantitative estimate of drug-likeness (QED) is 0.157. The van der Waals surface area contributed by atoms with Gasteiger partial charge in [0.05, 0.1) is 0 Å². The first-order chi connectivity index (χ1) is 10.0. The first kappa shape index (κ1) is 40.9. The molecule has 0 aliphatic rings. The van der Waals surface area contributed by atoms with Crippen LogP contribution in [0.5, 0.6) is 0 Å². The van der Waals surface area contributed by atoms with Crippen LogP contribution < -0.4 is 0 Å². The summed E-state index contributed by atoms with van der Waals surface area (Å²) in [5, 5.41) is 0. The van der Waals surface area contributed by atoms with Crippen molar-refractivity contribution in [2.45, 2.75) is 0 Å². The van der Waals surface area contributed by atoms with Crippen molar-refractivity contribution in [2.24, 2.45) is 0 Å². The van der Waals surface area contributed by atoms with Gasteiger partial charge in [-0.1, -0.05) is 0 Å². The fourth-order valence-electron chi connectivity index (χ4n) is 0. The fraction of sp³-hybridized carbons (Fsp3) is 0. The van der Waals surface area contributed by atoms with Crippen LogP contribution in [0, 0.1) is 0 Å². The van der Waals surface area contributed by atoms with Gasteiger partial charge in [0.25, 0.3) is 0 Å². The van der Waals surface area contributed by atoms with E-state index in [1.54, 1.807) is 0 Å². The molecule has 26 heteroatoms. The molecule has 0 unspecified atom stereocenters. The van der Waals surface area contributed by atoms with Gasteiger partial charge in [0.15, 0.2) is 0 Å². The van der Waals surface area contributed by atoms with E-state index in [2.05, 4.69) is 0 Å². The van der Waals surface area contributed by atoms with Crippen molar-refractivity contribution in [1.29, 1.82) is 0 Å². The van der Waals surface area contributed by atoms with Crippen LogP contribution in [0.25, 0.3) is 0 Å². The summed E-state index contributed by atoms with van der Waals surface area (Å²) in [5.74, 6) is 0. The van der Waals surface area contributed by atoms with Crippen molar-refractivity contribution >= 4 is 29.6 Å². The van der Waals surface area contributed by atoms with E-state index in [4.69, 9.17) is 78.5 Å². The molecule has 20 nitrogen and oxygen atoms in total. The van der Waals surface area contributed by atoms with Crippen molar-refractivity contribution in [2.75, 3.05) is 0 Å². The zero-order valence-electron chi connectivity index (χ0n) is 10.2. The van der Waals surface area contributed by atoms with E-state index >= 15 is 0 Å². The molecule has 0 aliphatic carbocycles. The second kappa shape index (κ2) is 16.4. The second-order valence-electron chi connectivity index (χ2n) is 1.98. The monoisotopic (exact) mass is 624 g/mol. The van der Waals surface area contributed by atoms with Gasteiger partial charge in [0.1, 0.15) is 0 Å². The Labute approximate surface area is 171 Å². The standard InChI is InChI=1S/5Mn.Na.5H2O.15O.H/h;;;;;;5*1H2;;;;;;;;;;;;;;;;/q5*+1;;;;;;;;;;;;;;;;;;;;;;/p-5. The molecular weight excluding hydrogens is 618 g/mol. The molecule has 0 bridgehead atoms. The zero-order valence-corrected chi connectivity index (χ0v) is 16.2. The summed E-state index contributed by atoms with van der Waals surface area (Å²) in [4.78, 5) is 0. The fourth-order valence-corrected chi connectivity index (χ4v) is 0. The third-order valence-corrected chi connectivity index (χ3v) is 0. The van der Waals surface area contributed by atoms with E-state index < -0.39 is 64.9 Å². The van der Waals surface area contributed by atoms with Gasteiger partial charge in [-0.15, -0.1) is 0 Å². The maximum atomic E-state index is 8.69. The van der Waals surface area contributed by atoms with E-state index in [0.29, 0.717) is 0 Å². The van der Waals surface area contributed by atoms with E-state index in [1.807, 2.05) is 0 Å². The molecule has 0 aliphatic heterocycles. The molecule has 0 saturated carbocycles. The predicted octanol–water partition coefficient (Wildman–Crippen LogP) is -5.23.